The second kappa shape index (κ2) is 5.19. The maximum absolute atomic E-state index is 13.5. The second-order valence-electron chi connectivity index (χ2n) is 3.81. The Balaban J connectivity index is 2.00. The number of nitrogens with one attached hydrogen (secondary N) is 1. The van der Waals surface area contributed by atoms with Crippen molar-refractivity contribution in [3.05, 3.63) is 47.3 Å². The lowest BCUT2D eigenvalue weighted by atomic mass is 10.2. The molecule has 0 amide bonds. The van der Waals surface area contributed by atoms with E-state index in [4.69, 9.17) is 16.0 Å². The zero-order chi connectivity index (χ0) is 12.3. The van der Waals surface area contributed by atoms with E-state index in [0.29, 0.717) is 6.42 Å². The molecule has 90 valence electrons. The predicted molar refractivity (Wildman–Crippen MR) is 64.7 cm³/mol. The number of furan rings is 1. The van der Waals surface area contributed by atoms with Crippen LogP contribution in [0, 0.1) is 5.82 Å². The molecule has 17 heavy (non-hydrogen) atoms. The van der Waals surface area contributed by atoms with Crippen LogP contribution in [-0.4, -0.2) is 11.0 Å². The van der Waals surface area contributed by atoms with Crippen LogP contribution >= 0.6 is 11.6 Å². The summed E-state index contributed by atoms with van der Waals surface area (Å²) in [6, 6.07) is 4.95. The number of anilines is 1. The predicted octanol–water partition coefficient (Wildman–Crippen LogP) is 3.51. The van der Waals surface area contributed by atoms with E-state index in [1.54, 1.807) is 6.26 Å². The Morgan fingerprint density at radius 2 is 2.41 bits per heavy atom. The highest BCUT2D eigenvalue weighted by Crippen LogP contribution is 2.17. The van der Waals surface area contributed by atoms with E-state index in [0.717, 1.165) is 5.76 Å². The van der Waals surface area contributed by atoms with Crippen LogP contribution in [0.4, 0.5) is 10.2 Å². The van der Waals surface area contributed by atoms with Crippen molar-refractivity contribution in [2.45, 2.75) is 19.4 Å². The Hall–Kier alpha value is -1.55. The SMILES string of the molecule is CC(Cc1ccco1)Nc1ncc(Cl)cc1F. The summed E-state index contributed by atoms with van der Waals surface area (Å²) in [7, 11) is 0. The van der Waals surface area contributed by atoms with Gasteiger partial charge in [0.1, 0.15) is 5.76 Å². The molecule has 0 aliphatic heterocycles. The topological polar surface area (TPSA) is 38.1 Å². The Bertz CT molecular complexity index is 487. The molecule has 2 rings (SSSR count). The monoisotopic (exact) mass is 254 g/mol. The van der Waals surface area contributed by atoms with Crippen LogP contribution in [0.5, 0.6) is 0 Å². The molecule has 0 saturated carbocycles. The quantitative estimate of drug-likeness (QED) is 0.907. The first kappa shape index (κ1) is 11.9. The van der Waals surface area contributed by atoms with Gasteiger partial charge >= 0.3 is 0 Å². The van der Waals surface area contributed by atoms with Crippen LogP contribution in [0.1, 0.15) is 12.7 Å². The standard InChI is InChI=1S/C12H12ClFN2O/c1-8(5-10-3-2-4-17-10)16-12-11(14)6-9(13)7-15-12/h2-4,6-8H,5H2,1H3,(H,15,16). The Labute approximate surface area is 104 Å². The van der Waals surface area contributed by atoms with Crippen LogP contribution in [0.15, 0.2) is 35.1 Å². The summed E-state index contributed by atoms with van der Waals surface area (Å²) >= 11 is 5.62. The molecule has 1 N–H and O–H groups in total. The van der Waals surface area contributed by atoms with Gasteiger partial charge in [-0.05, 0) is 25.1 Å². The van der Waals surface area contributed by atoms with Gasteiger partial charge in [-0.25, -0.2) is 9.37 Å². The zero-order valence-electron chi connectivity index (χ0n) is 9.28. The third-order valence-electron chi connectivity index (χ3n) is 2.28. The molecule has 0 bridgehead atoms. The molecule has 0 aliphatic carbocycles. The summed E-state index contributed by atoms with van der Waals surface area (Å²) in [5.41, 5.74) is 0. The molecule has 0 saturated heterocycles. The molecule has 0 spiro atoms. The van der Waals surface area contributed by atoms with Crippen molar-refractivity contribution in [1.29, 1.82) is 0 Å². The highest BCUT2D eigenvalue weighted by molar-refractivity contribution is 6.30. The Morgan fingerprint density at radius 1 is 1.59 bits per heavy atom. The van der Waals surface area contributed by atoms with Gasteiger partial charge in [-0.3, -0.25) is 0 Å². The van der Waals surface area contributed by atoms with Gasteiger partial charge < -0.3 is 9.73 Å². The summed E-state index contributed by atoms with van der Waals surface area (Å²) < 4.78 is 18.7. The number of hydrogen-bond acceptors (Lipinski definition) is 3. The summed E-state index contributed by atoms with van der Waals surface area (Å²) in [6.45, 7) is 1.93. The number of rotatable bonds is 4. The third kappa shape index (κ3) is 3.20. The van der Waals surface area contributed by atoms with Crippen molar-refractivity contribution in [3.8, 4) is 0 Å². The molecule has 0 aromatic carbocycles. The van der Waals surface area contributed by atoms with Gasteiger partial charge in [0.2, 0.25) is 0 Å². The first-order valence-electron chi connectivity index (χ1n) is 5.25. The molecule has 1 atom stereocenters. The van der Waals surface area contributed by atoms with Gasteiger partial charge in [-0.1, -0.05) is 11.6 Å². The van der Waals surface area contributed by atoms with E-state index < -0.39 is 5.82 Å². The van der Waals surface area contributed by atoms with Gasteiger partial charge in [0.25, 0.3) is 0 Å². The lowest BCUT2D eigenvalue weighted by molar-refractivity contribution is 0.496. The van der Waals surface area contributed by atoms with Gasteiger partial charge in [-0.2, -0.15) is 0 Å². The fourth-order valence-electron chi connectivity index (χ4n) is 1.54. The minimum Gasteiger partial charge on any atom is -0.469 e. The second-order valence-corrected chi connectivity index (χ2v) is 4.25. The van der Waals surface area contributed by atoms with Gasteiger partial charge in [0.15, 0.2) is 11.6 Å². The van der Waals surface area contributed by atoms with Gasteiger partial charge in [0.05, 0.1) is 11.3 Å². The Kier molecular flexibility index (Phi) is 3.64. The molecule has 0 aliphatic rings. The highest BCUT2D eigenvalue weighted by atomic mass is 35.5. The molecule has 2 aromatic rings. The summed E-state index contributed by atoms with van der Waals surface area (Å²) in [4.78, 5) is 3.90. The molecule has 2 aromatic heterocycles. The summed E-state index contributed by atoms with van der Waals surface area (Å²) in [6.07, 6.45) is 3.69. The molecule has 2 heterocycles. The van der Waals surface area contributed by atoms with Crippen molar-refractivity contribution < 1.29 is 8.81 Å². The molecule has 1 unspecified atom stereocenters. The van der Waals surface area contributed by atoms with Crippen molar-refractivity contribution in [2.75, 3.05) is 5.32 Å². The molecule has 5 heteroatoms. The maximum Gasteiger partial charge on any atom is 0.166 e. The molecule has 3 nitrogen and oxygen atoms in total. The van der Waals surface area contributed by atoms with E-state index in [1.165, 1.54) is 12.3 Å². The van der Waals surface area contributed by atoms with Crippen molar-refractivity contribution in [3.63, 3.8) is 0 Å². The van der Waals surface area contributed by atoms with Crippen LogP contribution in [0.2, 0.25) is 5.02 Å². The lowest BCUT2D eigenvalue weighted by Crippen LogP contribution is -2.19. The fraction of sp³-hybridized carbons (Fsp3) is 0.250. The first-order valence-corrected chi connectivity index (χ1v) is 5.63. The average Bonchev–Trinajstić information content (AvgIpc) is 2.75. The van der Waals surface area contributed by atoms with E-state index in [2.05, 4.69) is 10.3 Å². The number of halogens is 2. The first-order chi connectivity index (χ1) is 8.15. The number of aromatic nitrogens is 1. The fourth-order valence-corrected chi connectivity index (χ4v) is 1.68. The molecule has 0 radical (unpaired) electrons. The number of nitrogens with zero attached hydrogens (tertiary/aromatic N) is 1. The van der Waals surface area contributed by atoms with Gasteiger partial charge in [0, 0.05) is 18.7 Å². The van der Waals surface area contributed by atoms with Crippen molar-refractivity contribution >= 4 is 17.4 Å². The lowest BCUT2D eigenvalue weighted by Gasteiger charge is -2.13. The number of hydrogen-bond donors (Lipinski definition) is 1. The van der Waals surface area contributed by atoms with E-state index in [9.17, 15) is 4.39 Å². The maximum atomic E-state index is 13.5. The smallest absolute Gasteiger partial charge is 0.166 e. The minimum absolute atomic E-state index is 0.0179. The molecular formula is C12H12ClFN2O. The Morgan fingerprint density at radius 3 is 3.06 bits per heavy atom. The van der Waals surface area contributed by atoms with E-state index >= 15 is 0 Å². The average molecular weight is 255 g/mol. The summed E-state index contributed by atoms with van der Waals surface area (Å²) in [5, 5.41) is 3.25. The minimum atomic E-state index is -0.455. The normalized spacial score (nSPS) is 12.4. The molecule has 0 fully saturated rings. The largest absolute Gasteiger partial charge is 0.469 e. The third-order valence-corrected chi connectivity index (χ3v) is 2.49. The summed E-state index contributed by atoms with van der Waals surface area (Å²) in [5.74, 6) is 0.594. The molecular weight excluding hydrogens is 243 g/mol. The van der Waals surface area contributed by atoms with Crippen LogP contribution in [0.25, 0.3) is 0 Å². The van der Waals surface area contributed by atoms with Crippen LogP contribution in [0.3, 0.4) is 0 Å². The highest BCUT2D eigenvalue weighted by Gasteiger charge is 2.10. The van der Waals surface area contributed by atoms with E-state index in [1.807, 2.05) is 19.1 Å². The number of pyridine rings is 1. The van der Waals surface area contributed by atoms with E-state index in [-0.39, 0.29) is 16.9 Å². The van der Waals surface area contributed by atoms with Crippen LogP contribution in [-0.2, 0) is 6.42 Å². The van der Waals surface area contributed by atoms with Crippen molar-refractivity contribution in [1.82, 2.24) is 4.98 Å². The van der Waals surface area contributed by atoms with Crippen molar-refractivity contribution in [2.24, 2.45) is 0 Å². The van der Waals surface area contributed by atoms with Crippen LogP contribution < -0.4 is 5.32 Å². The van der Waals surface area contributed by atoms with Gasteiger partial charge in [-0.15, -0.1) is 0 Å². The zero-order valence-corrected chi connectivity index (χ0v) is 10.0.